The van der Waals surface area contributed by atoms with Crippen molar-refractivity contribution in [3.05, 3.63) is 59.2 Å². The van der Waals surface area contributed by atoms with Crippen molar-refractivity contribution < 1.29 is 22.4 Å². The first kappa shape index (κ1) is 15.2. The minimum absolute atomic E-state index is 0.189. The van der Waals surface area contributed by atoms with Crippen LogP contribution in [0, 0.1) is 23.3 Å². The Hall–Kier alpha value is -2.70. The van der Waals surface area contributed by atoms with Gasteiger partial charge in [0, 0.05) is 29.5 Å². The van der Waals surface area contributed by atoms with E-state index in [-0.39, 0.29) is 23.5 Å². The zero-order valence-corrected chi connectivity index (χ0v) is 11.7. The van der Waals surface area contributed by atoms with Crippen LogP contribution in [0.5, 0.6) is 0 Å². The Morgan fingerprint density at radius 1 is 0.870 bits per heavy atom. The molecule has 3 nitrogen and oxygen atoms in total. The first-order valence-electron chi connectivity index (χ1n) is 6.76. The topological polar surface area (TPSA) is 41.5 Å². The summed E-state index contributed by atoms with van der Waals surface area (Å²) in [6, 6.07) is 5.58. The highest BCUT2D eigenvalue weighted by Gasteiger charge is 2.19. The van der Waals surface area contributed by atoms with E-state index in [0.717, 1.165) is 18.2 Å². The van der Waals surface area contributed by atoms with Crippen LogP contribution in [-0.2, 0) is 4.79 Å². The molecule has 0 aliphatic carbocycles. The van der Waals surface area contributed by atoms with Crippen molar-refractivity contribution in [2.45, 2.75) is 12.8 Å². The number of carbonyl (C=O) groups is 1. The van der Waals surface area contributed by atoms with Gasteiger partial charge in [0.25, 0.3) is 0 Å². The largest absolute Gasteiger partial charge is 0.273 e. The smallest absolute Gasteiger partial charge is 0.240 e. The van der Waals surface area contributed by atoms with Gasteiger partial charge in [0.15, 0.2) is 17.5 Å². The van der Waals surface area contributed by atoms with Gasteiger partial charge in [0.2, 0.25) is 5.91 Å². The molecule has 3 rings (SSSR count). The summed E-state index contributed by atoms with van der Waals surface area (Å²) in [5, 5.41) is 3.83. The summed E-state index contributed by atoms with van der Waals surface area (Å²) in [7, 11) is 0. The second-order valence-electron chi connectivity index (χ2n) is 5.01. The molecule has 0 saturated carbocycles. The Kier molecular flexibility index (Phi) is 3.85. The Bertz CT molecular complexity index is 833. The predicted octanol–water partition coefficient (Wildman–Crippen LogP) is 3.52. The Balaban J connectivity index is 2.01. The Morgan fingerprint density at radius 2 is 1.61 bits per heavy atom. The van der Waals surface area contributed by atoms with Crippen molar-refractivity contribution in [1.82, 2.24) is 5.43 Å². The number of halogens is 4. The quantitative estimate of drug-likeness (QED) is 0.667. The minimum Gasteiger partial charge on any atom is -0.273 e. The maximum absolute atomic E-state index is 14.3. The SMILES string of the molecule is O=C1CCC(c2ccc(-c3ccc(F)c(F)c3F)c(F)c2)=NN1. The zero-order valence-electron chi connectivity index (χ0n) is 11.7. The summed E-state index contributed by atoms with van der Waals surface area (Å²) in [6.07, 6.45) is 0.587. The molecule has 0 bridgehead atoms. The van der Waals surface area contributed by atoms with Crippen molar-refractivity contribution >= 4 is 11.6 Å². The van der Waals surface area contributed by atoms with Gasteiger partial charge in [0.1, 0.15) is 5.82 Å². The van der Waals surface area contributed by atoms with Gasteiger partial charge in [-0.2, -0.15) is 5.10 Å². The second-order valence-corrected chi connectivity index (χ2v) is 5.01. The van der Waals surface area contributed by atoms with Gasteiger partial charge in [0.05, 0.1) is 5.71 Å². The second kappa shape index (κ2) is 5.83. The van der Waals surface area contributed by atoms with Gasteiger partial charge in [-0.15, -0.1) is 0 Å². The van der Waals surface area contributed by atoms with Crippen molar-refractivity contribution in [2.24, 2.45) is 5.10 Å². The van der Waals surface area contributed by atoms with Gasteiger partial charge >= 0.3 is 0 Å². The minimum atomic E-state index is -1.65. The number of rotatable bonds is 2. The molecule has 1 aliphatic rings. The fraction of sp³-hybridized carbons (Fsp3) is 0.125. The molecule has 0 fully saturated rings. The van der Waals surface area contributed by atoms with Crippen molar-refractivity contribution in [2.75, 3.05) is 0 Å². The first-order chi connectivity index (χ1) is 11.0. The number of hydrogen-bond donors (Lipinski definition) is 1. The summed E-state index contributed by atoms with van der Waals surface area (Å²) in [4.78, 5) is 11.0. The van der Waals surface area contributed by atoms with Crippen LogP contribution >= 0.6 is 0 Å². The average Bonchev–Trinajstić information content (AvgIpc) is 2.54. The lowest BCUT2D eigenvalue weighted by molar-refractivity contribution is -0.121. The number of nitrogens with one attached hydrogen (secondary N) is 1. The number of benzene rings is 2. The maximum Gasteiger partial charge on any atom is 0.240 e. The molecule has 0 saturated heterocycles. The van der Waals surface area contributed by atoms with E-state index >= 15 is 0 Å². The molecular weight excluding hydrogens is 312 g/mol. The third-order valence-electron chi connectivity index (χ3n) is 3.53. The summed E-state index contributed by atoms with van der Waals surface area (Å²) in [6.45, 7) is 0. The first-order valence-corrected chi connectivity index (χ1v) is 6.76. The molecule has 118 valence electrons. The lowest BCUT2D eigenvalue weighted by Crippen LogP contribution is -2.25. The third-order valence-corrected chi connectivity index (χ3v) is 3.53. The Morgan fingerprint density at radius 3 is 2.26 bits per heavy atom. The van der Waals surface area contributed by atoms with Crippen molar-refractivity contribution in [3.8, 4) is 11.1 Å². The summed E-state index contributed by atoms with van der Waals surface area (Å²) in [5.41, 5.74) is 2.65. The monoisotopic (exact) mass is 322 g/mol. The zero-order chi connectivity index (χ0) is 16.6. The van der Waals surface area contributed by atoms with Crippen molar-refractivity contribution in [3.63, 3.8) is 0 Å². The van der Waals surface area contributed by atoms with Crippen LogP contribution in [0.25, 0.3) is 11.1 Å². The average molecular weight is 322 g/mol. The van der Waals surface area contributed by atoms with E-state index < -0.39 is 23.3 Å². The van der Waals surface area contributed by atoms with Crippen LogP contribution in [0.3, 0.4) is 0 Å². The van der Waals surface area contributed by atoms with E-state index in [2.05, 4.69) is 10.5 Å². The van der Waals surface area contributed by atoms with Crippen LogP contribution in [0.15, 0.2) is 35.4 Å². The molecule has 0 atom stereocenters. The van der Waals surface area contributed by atoms with Crippen LogP contribution < -0.4 is 5.43 Å². The third kappa shape index (κ3) is 2.81. The van der Waals surface area contributed by atoms with Crippen LogP contribution in [0.2, 0.25) is 0 Å². The van der Waals surface area contributed by atoms with Gasteiger partial charge < -0.3 is 0 Å². The number of amides is 1. The fourth-order valence-electron chi connectivity index (χ4n) is 2.33. The van der Waals surface area contributed by atoms with Crippen LogP contribution in [0.4, 0.5) is 17.6 Å². The fourth-order valence-corrected chi connectivity index (χ4v) is 2.33. The van der Waals surface area contributed by atoms with Crippen LogP contribution in [0.1, 0.15) is 18.4 Å². The van der Waals surface area contributed by atoms with Crippen LogP contribution in [-0.4, -0.2) is 11.6 Å². The Labute approximate surface area is 128 Å². The number of hydrogen-bond acceptors (Lipinski definition) is 2. The molecule has 0 unspecified atom stereocenters. The molecule has 1 N–H and O–H groups in total. The highest BCUT2D eigenvalue weighted by molar-refractivity contribution is 6.04. The summed E-state index contributed by atoms with van der Waals surface area (Å²) >= 11 is 0. The lowest BCUT2D eigenvalue weighted by atomic mass is 9.98. The molecule has 0 spiro atoms. The lowest BCUT2D eigenvalue weighted by Gasteiger charge is -2.13. The van der Waals surface area contributed by atoms with Gasteiger partial charge in [-0.25, -0.2) is 23.0 Å². The molecule has 23 heavy (non-hydrogen) atoms. The highest BCUT2D eigenvalue weighted by Crippen LogP contribution is 2.29. The van der Waals surface area contributed by atoms with Gasteiger partial charge in [-0.1, -0.05) is 12.1 Å². The molecule has 2 aromatic carbocycles. The molecular formula is C16H10F4N2O. The predicted molar refractivity (Wildman–Crippen MR) is 75.6 cm³/mol. The molecule has 0 aromatic heterocycles. The highest BCUT2D eigenvalue weighted by atomic mass is 19.2. The molecule has 0 radical (unpaired) electrons. The van der Waals surface area contributed by atoms with Gasteiger partial charge in [-0.3, -0.25) is 4.79 Å². The molecule has 2 aromatic rings. The molecule has 1 amide bonds. The van der Waals surface area contributed by atoms with E-state index in [1.165, 1.54) is 12.1 Å². The van der Waals surface area contributed by atoms with E-state index in [9.17, 15) is 22.4 Å². The van der Waals surface area contributed by atoms with E-state index in [1.54, 1.807) is 0 Å². The van der Waals surface area contributed by atoms with Gasteiger partial charge in [-0.05, 0) is 18.2 Å². The summed E-state index contributed by atoms with van der Waals surface area (Å²) < 4.78 is 54.3. The molecule has 1 heterocycles. The van der Waals surface area contributed by atoms with E-state index in [4.69, 9.17) is 0 Å². The molecule has 7 heteroatoms. The van der Waals surface area contributed by atoms with E-state index in [0.29, 0.717) is 17.7 Å². The normalized spacial score (nSPS) is 14.4. The summed E-state index contributed by atoms with van der Waals surface area (Å²) in [5.74, 6) is -5.46. The number of hydrazone groups is 1. The maximum atomic E-state index is 14.3. The molecule has 1 aliphatic heterocycles. The van der Waals surface area contributed by atoms with Crippen molar-refractivity contribution in [1.29, 1.82) is 0 Å². The van der Waals surface area contributed by atoms with E-state index in [1.807, 2.05) is 0 Å². The standard InChI is InChI=1S/C16H10F4N2O/c17-11-4-3-10(15(19)16(11)20)9-2-1-8(7-12(9)18)13-5-6-14(23)22-21-13/h1-4,7H,5-6H2,(H,22,23). The number of nitrogens with zero attached hydrogens (tertiary/aromatic N) is 1. The number of carbonyl (C=O) groups excluding carboxylic acids is 1.